The third-order valence-corrected chi connectivity index (χ3v) is 3.67. The zero-order valence-corrected chi connectivity index (χ0v) is 14.7. The average molecular weight is 356 g/mol. The van der Waals surface area contributed by atoms with Crippen molar-refractivity contribution in [2.24, 2.45) is 5.10 Å². The number of aryl methyl sites for hydroxylation is 1. The Bertz CT molecular complexity index is 830. The number of amides is 2. The Kier molecular flexibility index (Phi) is 6.48. The van der Waals surface area contributed by atoms with Crippen molar-refractivity contribution < 1.29 is 9.59 Å². The van der Waals surface area contributed by atoms with E-state index >= 15 is 0 Å². The van der Waals surface area contributed by atoms with Crippen LogP contribution in [0.25, 0.3) is 6.08 Å². The fourth-order valence-electron chi connectivity index (χ4n) is 1.95. The van der Waals surface area contributed by atoms with Gasteiger partial charge in [-0.15, -0.1) is 0 Å². The molecule has 0 bridgehead atoms. The molecule has 0 unspecified atom stereocenters. The number of halogens is 1. The van der Waals surface area contributed by atoms with Gasteiger partial charge in [0.25, 0.3) is 0 Å². The fraction of sp³-hybridized carbons (Fsp3) is 0.105. The average Bonchev–Trinajstić information content (AvgIpc) is 2.59. The molecule has 0 aliphatic rings. The summed E-state index contributed by atoms with van der Waals surface area (Å²) in [6.07, 6.45) is 3.38. The summed E-state index contributed by atoms with van der Waals surface area (Å²) in [5.74, 6) is -1.68. The Balaban J connectivity index is 1.89. The molecule has 0 saturated carbocycles. The number of hydrogen-bond donors (Lipinski definition) is 2. The minimum Gasteiger partial charge on any atom is -0.318 e. The highest BCUT2D eigenvalue weighted by atomic mass is 35.5. The lowest BCUT2D eigenvalue weighted by atomic mass is 10.1. The summed E-state index contributed by atoms with van der Waals surface area (Å²) in [4.78, 5) is 23.6. The van der Waals surface area contributed by atoms with Gasteiger partial charge in [-0.25, -0.2) is 5.43 Å². The molecule has 0 atom stereocenters. The lowest BCUT2D eigenvalue weighted by molar-refractivity contribution is -0.136. The van der Waals surface area contributed by atoms with Crippen molar-refractivity contribution in [2.75, 3.05) is 5.32 Å². The fourth-order valence-corrected chi connectivity index (χ4v) is 2.13. The van der Waals surface area contributed by atoms with Crippen molar-refractivity contribution in [3.05, 3.63) is 70.3 Å². The van der Waals surface area contributed by atoms with E-state index in [0.717, 1.165) is 16.7 Å². The summed E-state index contributed by atoms with van der Waals surface area (Å²) in [5, 5.41) is 6.76. The molecular weight excluding hydrogens is 338 g/mol. The molecule has 2 amide bonds. The first-order valence-electron chi connectivity index (χ1n) is 7.59. The number of benzene rings is 2. The third-order valence-electron chi connectivity index (χ3n) is 3.26. The van der Waals surface area contributed by atoms with Crippen molar-refractivity contribution in [1.29, 1.82) is 0 Å². The van der Waals surface area contributed by atoms with E-state index in [4.69, 9.17) is 11.6 Å². The Hall–Kier alpha value is -2.92. The highest BCUT2D eigenvalue weighted by Gasteiger charge is 2.13. The van der Waals surface area contributed by atoms with Crippen LogP contribution in [0.2, 0.25) is 5.02 Å². The van der Waals surface area contributed by atoms with Crippen molar-refractivity contribution in [3.8, 4) is 0 Å². The number of carbonyl (C=O) groups excluding carboxylic acids is 2. The zero-order chi connectivity index (χ0) is 18.2. The van der Waals surface area contributed by atoms with Crippen LogP contribution in [0.1, 0.15) is 18.1 Å². The Labute approximate surface area is 151 Å². The second kappa shape index (κ2) is 8.80. The SMILES string of the molecule is CC(/C=N\NC(=O)C(=O)Nc1ccc(C)c(Cl)c1)=C/c1ccccc1. The molecule has 0 saturated heterocycles. The number of hydrogen-bond acceptors (Lipinski definition) is 3. The molecule has 0 aliphatic heterocycles. The Morgan fingerprint density at radius 3 is 2.48 bits per heavy atom. The summed E-state index contributed by atoms with van der Waals surface area (Å²) in [6.45, 7) is 3.69. The maximum atomic E-state index is 11.8. The molecule has 2 aromatic carbocycles. The molecule has 2 N–H and O–H groups in total. The van der Waals surface area contributed by atoms with Gasteiger partial charge in [0.2, 0.25) is 0 Å². The molecule has 6 heteroatoms. The summed E-state index contributed by atoms with van der Waals surface area (Å²) < 4.78 is 0. The van der Waals surface area contributed by atoms with Crippen LogP contribution in [0.3, 0.4) is 0 Å². The van der Waals surface area contributed by atoms with Crippen LogP contribution in [0.5, 0.6) is 0 Å². The van der Waals surface area contributed by atoms with Crippen LogP contribution in [0.15, 0.2) is 59.2 Å². The van der Waals surface area contributed by atoms with E-state index in [1.807, 2.05) is 50.3 Å². The second-order valence-corrected chi connectivity index (χ2v) is 5.82. The van der Waals surface area contributed by atoms with Gasteiger partial charge >= 0.3 is 11.8 Å². The monoisotopic (exact) mass is 355 g/mol. The van der Waals surface area contributed by atoms with E-state index in [1.165, 1.54) is 6.21 Å². The zero-order valence-electron chi connectivity index (χ0n) is 13.9. The second-order valence-electron chi connectivity index (χ2n) is 5.42. The molecule has 25 heavy (non-hydrogen) atoms. The van der Waals surface area contributed by atoms with Gasteiger partial charge in [0.1, 0.15) is 0 Å². The van der Waals surface area contributed by atoms with Crippen LogP contribution in [0.4, 0.5) is 5.69 Å². The van der Waals surface area contributed by atoms with Gasteiger partial charge in [-0.2, -0.15) is 5.10 Å². The van der Waals surface area contributed by atoms with E-state index in [0.29, 0.717) is 10.7 Å². The predicted molar refractivity (Wildman–Crippen MR) is 102 cm³/mol. The molecule has 0 spiro atoms. The maximum absolute atomic E-state index is 11.8. The Morgan fingerprint density at radius 1 is 1.08 bits per heavy atom. The van der Waals surface area contributed by atoms with E-state index in [2.05, 4.69) is 15.8 Å². The molecule has 0 aliphatic carbocycles. The summed E-state index contributed by atoms with van der Waals surface area (Å²) in [5.41, 5.74) is 5.37. The van der Waals surface area contributed by atoms with Crippen molar-refractivity contribution in [2.45, 2.75) is 13.8 Å². The summed E-state index contributed by atoms with van der Waals surface area (Å²) in [6, 6.07) is 14.7. The number of nitrogens with one attached hydrogen (secondary N) is 2. The van der Waals surface area contributed by atoms with Crippen LogP contribution < -0.4 is 10.7 Å². The minimum absolute atomic E-state index is 0.444. The first kappa shape index (κ1) is 18.4. The van der Waals surface area contributed by atoms with Crippen LogP contribution >= 0.6 is 11.6 Å². The Morgan fingerprint density at radius 2 is 1.80 bits per heavy atom. The van der Waals surface area contributed by atoms with E-state index in [9.17, 15) is 9.59 Å². The molecule has 128 valence electrons. The normalized spacial score (nSPS) is 11.4. The van der Waals surface area contributed by atoms with E-state index < -0.39 is 11.8 Å². The molecule has 0 fully saturated rings. The maximum Gasteiger partial charge on any atom is 0.329 e. The predicted octanol–water partition coefficient (Wildman–Crippen LogP) is 3.79. The lowest BCUT2D eigenvalue weighted by Crippen LogP contribution is -2.32. The largest absolute Gasteiger partial charge is 0.329 e. The molecule has 0 radical (unpaired) electrons. The van der Waals surface area contributed by atoms with Gasteiger partial charge in [-0.05, 0) is 42.7 Å². The standard InChI is InChI=1S/C19H18ClN3O2/c1-13(10-15-6-4-3-5-7-15)12-21-23-19(25)18(24)22-16-9-8-14(2)17(20)11-16/h3-12H,1-2H3,(H,22,24)(H,23,25)/b13-10-,21-12-. The number of allylic oxidation sites excluding steroid dienone is 1. The first-order valence-corrected chi connectivity index (χ1v) is 7.97. The number of anilines is 1. The van der Waals surface area contributed by atoms with E-state index in [1.54, 1.807) is 18.2 Å². The van der Waals surface area contributed by atoms with Crippen molar-refractivity contribution in [1.82, 2.24) is 5.43 Å². The number of hydrazone groups is 1. The third kappa shape index (κ3) is 5.90. The smallest absolute Gasteiger partial charge is 0.318 e. The molecule has 5 nitrogen and oxygen atoms in total. The molecular formula is C19H18ClN3O2. The topological polar surface area (TPSA) is 70.6 Å². The van der Waals surface area contributed by atoms with Gasteiger partial charge in [0.15, 0.2) is 0 Å². The minimum atomic E-state index is -0.861. The van der Waals surface area contributed by atoms with Gasteiger partial charge in [-0.3, -0.25) is 9.59 Å². The number of nitrogens with zero attached hydrogens (tertiary/aromatic N) is 1. The molecule has 0 heterocycles. The summed E-state index contributed by atoms with van der Waals surface area (Å²) >= 11 is 5.98. The van der Waals surface area contributed by atoms with Gasteiger partial charge in [-0.1, -0.05) is 54.1 Å². The van der Waals surface area contributed by atoms with Crippen molar-refractivity contribution >= 4 is 41.4 Å². The lowest BCUT2D eigenvalue weighted by Gasteiger charge is -2.05. The van der Waals surface area contributed by atoms with Gasteiger partial charge in [0.05, 0.1) is 6.21 Å². The van der Waals surface area contributed by atoms with Gasteiger partial charge < -0.3 is 5.32 Å². The number of rotatable bonds is 4. The van der Waals surface area contributed by atoms with Crippen LogP contribution in [-0.4, -0.2) is 18.0 Å². The molecule has 0 aromatic heterocycles. The highest BCUT2D eigenvalue weighted by molar-refractivity contribution is 6.39. The molecule has 2 rings (SSSR count). The summed E-state index contributed by atoms with van der Waals surface area (Å²) in [7, 11) is 0. The van der Waals surface area contributed by atoms with E-state index in [-0.39, 0.29) is 0 Å². The quantitative estimate of drug-likeness (QED) is 0.497. The first-order chi connectivity index (χ1) is 12.0. The van der Waals surface area contributed by atoms with Crippen molar-refractivity contribution in [3.63, 3.8) is 0 Å². The highest BCUT2D eigenvalue weighted by Crippen LogP contribution is 2.19. The number of carbonyl (C=O) groups is 2. The van der Waals surface area contributed by atoms with Gasteiger partial charge in [0, 0.05) is 10.7 Å². The van der Waals surface area contributed by atoms with Crippen LogP contribution in [-0.2, 0) is 9.59 Å². The van der Waals surface area contributed by atoms with Crippen LogP contribution in [0, 0.1) is 6.92 Å². The molecule has 2 aromatic rings.